The predicted molar refractivity (Wildman–Crippen MR) is 185 cm³/mol. The number of nitriles is 1. The number of rotatable bonds is 1. The third kappa shape index (κ3) is 4.29. The maximum absolute atomic E-state index is 12.6. The van der Waals surface area contributed by atoms with Crippen LogP contribution in [-0.2, 0) is 36.5 Å². The first-order valence-electron chi connectivity index (χ1n) is 17.1. The number of aromatic nitrogens is 4. The van der Waals surface area contributed by atoms with Crippen LogP contribution in [0.3, 0.4) is 0 Å². The van der Waals surface area contributed by atoms with Crippen LogP contribution in [0.25, 0.3) is 33.8 Å². The van der Waals surface area contributed by atoms with Crippen molar-refractivity contribution in [2.75, 3.05) is 13.1 Å². The van der Waals surface area contributed by atoms with Crippen LogP contribution in [0.2, 0.25) is 5.15 Å². The maximum Gasteiger partial charge on any atom is 0.253 e. The molecule has 4 aliphatic carbocycles. The fourth-order valence-electron chi connectivity index (χ4n) is 8.54. The van der Waals surface area contributed by atoms with Gasteiger partial charge < -0.3 is 20.6 Å². The van der Waals surface area contributed by atoms with Crippen molar-refractivity contribution in [3.05, 3.63) is 104 Å². The van der Waals surface area contributed by atoms with Crippen LogP contribution in [-0.4, -0.2) is 44.8 Å². The predicted octanol–water partition coefficient (Wildman–Crippen LogP) is 6.09. The highest BCUT2D eigenvalue weighted by atomic mass is 35.5. The molecule has 2 spiro atoms. The third-order valence-corrected chi connectivity index (χ3v) is 11.9. The average molecular weight is 666 g/mol. The van der Waals surface area contributed by atoms with Crippen molar-refractivity contribution in [1.29, 1.82) is 5.26 Å². The standard InChI is InChI=1S/C23H18N4O.C16H14ClN3O/c24-10-13-1-3-14(4-2-13)18-9-17-15(11-25-18)5-6-16-19-21(27-20(16)17)23(7-8-23)12-26-22(19)28;17-11-5-10-8(6-18-11)1-2-9-12-14(20-13(9)10)16(3-4-16)7-19-15(12)21/h1-4,9,11,27H,5-8,12H2,(H,26,28);5-6,20H,1-4,7H2,(H,19,21). The minimum Gasteiger partial charge on any atom is -0.357 e. The monoisotopic (exact) mass is 665 g/mol. The summed E-state index contributed by atoms with van der Waals surface area (Å²) in [7, 11) is 0. The van der Waals surface area contributed by atoms with Gasteiger partial charge in [0.05, 0.1) is 39.8 Å². The molecular formula is C39H32ClN7O2. The van der Waals surface area contributed by atoms with Gasteiger partial charge in [0.15, 0.2) is 0 Å². The van der Waals surface area contributed by atoms with Crippen molar-refractivity contribution in [3.8, 4) is 39.8 Å². The number of carbonyl (C=O) groups is 2. The summed E-state index contributed by atoms with van der Waals surface area (Å²) in [5.74, 6) is 0.137. The Kier molecular flexibility index (Phi) is 5.97. The Labute approximate surface area is 287 Å². The summed E-state index contributed by atoms with van der Waals surface area (Å²) in [4.78, 5) is 41.0. The van der Waals surface area contributed by atoms with Crippen molar-refractivity contribution >= 4 is 23.4 Å². The Morgan fingerprint density at radius 1 is 0.714 bits per heavy atom. The maximum atomic E-state index is 12.6. The quantitative estimate of drug-likeness (QED) is 0.161. The minimum absolute atomic E-state index is 0.0647. The van der Waals surface area contributed by atoms with Crippen molar-refractivity contribution in [2.45, 2.75) is 62.2 Å². The normalized spacial score (nSPS) is 19.0. The molecule has 4 N–H and O–H groups in total. The number of fused-ring (bicyclic) bond motifs is 12. The number of amides is 2. The zero-order chi connectivity index (χ0) is 33.1. The van der Waals surface area contributed by atoms with Gasteiger partial charge in [-0.15, -0.1) is 0 Å². The Morgan fingerprint density at radius 3 is 1.78 bits per heavy atom. The lowest BCUT2D eigenvalue weighted by Gasteiger charge is -2.23. The van der Waals surface area contributed by atoms with Crippen LogP contribution in [0.1, 0.15) is 85.6 Å². The molecule has 242 valence electrons. The molecule has 0 radical (unpaired) electrons. The lowest BCUT2D eigenvalue weighted by molar-refractivity contribution is 0.0928. The second kappa shape index (κ2) is 10.2. The summed E-state index contributed by atoms with van der Waals surface area (Å²) in [5, 5.41) is 15.7. The number of aromatic amines is 2. The SMILES string of the molecule is N#Cc1ccc(-c2cc3c(cn2)CCc2c-3[nH]c3c2C(=O)NCC32CC2)cc1.O=C1NCC2(CC2)c2[nH]c3c(c21)CCc1cnc(Cl)cc1-3. The zero-order valence-corrected chi connectivity index (χ0v) is 27.5. The first-order chi connectivity index (χ1) is 23.9. The fourth-order valence-corrected chi connectivity index (χ4v) is 8.70. The topological polar surface area (TPSA) is 139 Å². The van der Waals surface area contributed by atoms with E-state index in [2.05, 4.69) is 42.7 Å². The zero-order valence-electron chi connectivity index (χ0n) is 26.7. The number of hydrogen-bond acceptors (Lipinski definition) is 5. The van der Waals surface area contributed by atoms with Gasteiger partial charge in [-0.3, -0.25) is 14.6 Å². The number of hydrogen-bond donors (Lipinski definition) is 4. The van der Waals surface area contributed by atoms with E-state index in [0.717, 1.165) is 132 Å². The van der Waals surface area contributed by atoms with Gasteiger partial charge in [-0.2, -0.15) is 5.26 Å². The average Bonchev–Trinajstić information content (AvgIpc) is 4.01. The Bertz CT molecular complexity index is 2320. The molecular weight excluding hydrogens is 634 g/mol. The molecule has 2 aliphatic heterocycles. The van der Waals surface area contributed by atoms with E-state index in [1.807, 2.05) is 42.7 Å². The van der Waals surface area contributed by atoms with Gasteiger partial charge in [0.25, 0.3) is 11.8 Å². The Hall–Kier alpha value is -5.20. The largest absolute Gasteiger partial charge is 0.357 e. The van der Waals surface area contributed by atoms with Crippen LogP contribution in [0.5, 0.6) is 0 Å². The summed E-state index contributed by atoms with van der Waals surface area (Å²) in [5.41, 5.74) is 16.0. The lowest BCUT2D eigenvalue weighted by atomic mass is 9.86. The highest BCUT2D eigenvalue weighted by molar-refractivity contribution is 6.29. The molecule has 1 aromatic carbocycles. The van der Waals surface area contributed by atoms with E-state index in [1.54, 1.807) is 0 Å². The second-order valence-corrected chi connectivity index (χ2v) is 14.9. The number of nitrogens with one attached hydrogen (secondary N) is 4. The smallest absolute Gasteiger partial charge is 0.253 e. The van der Waals surface area contributed by atoms with Gasteiger partial charge in [-0.25, -0.2) is 4.98 Å². The first kappa shape index (κ1) is 28.8. The summed E-state index contributed by atoms with van der Waals surface area (Å²) in [6.45, 7) is 1.51. The number of H-pyrrole nitrogens is 2. The van der Waals surface area contributed by atoms with Crippen LogP contribution >= 0.6 is 11.6 Å². The number of pyridine rings is 2. The van der Waals surface area contributed by atoms with Gasteiger partial charge in [0.2, 0.25) is 0 Å². The van der Waals surface area contributed by atoms with Gasteiger partial charge in [-0.05, 0) is 97.9 Å². The van der Waals surface area contributed by atoms with Gasteiger partial charge in [0, 0.05) is 64.4 Å². The molecule has 0 saturated heterocycles. The number of benzene rings is 1. The fraction of sp³-hybridized carbons (Fsp3) is 0.308. The van der Waals surface area contributed by atoms with E-state index in [1.165, 1.54) is 11.1 Å². The summed E-state index contributed by atoms with van der Waals surface area (Å²) < 4.78 is 0. The highest BCUT2D eigenvalue weighted by Gasteiger charge is 2.53. The molecule has 6 heterocycles. The van der Waals surface area contributed by atoms with E-state index in [0.29, 0.717) is 10.7 Å². The molecule has 11 rings (SSSR count). The van der Waals surface area contributed by atoms with E-state index in [-0.39, 0.29) is 22.6 Å². The molecule has 2 fully saturated rings. The van der Waals surface area contributed by atoms with Crippen molar-refractivity contribution in [2.24, 2.45) is 0 Å². The molecule has 2 saturated carbocycles. The van der Waals surface area contributed by atoms with E-state index in [9.17, 15) is 9.59 Å². The first-order valence-corrected chi connectivity index (χ1v) is 17.5. The van der Waals surface area contributed by atoms with Crippen LogP contribution in [0, 0.1) is 11.3 Å². The van der Waals surface area contributed by atoms with Crippen LogP contribution in [0.4, 0.5) is 0 Å². The van der Waals surface area contributed by atoms with Crippen molar-refractivity contribution in [1.82, 2.24) is 30.6 Å². The lowest BCUT2D eigenvalue weighted by Crippen LogP contribution is -2.39. The van der Waals surface area contributed by atoms with Crippen molar-refractivity contribution < 1.29 is 9.59 Å². The van der Waals surface area contributed by atoms with E-state index < -0.39 is 0 Å². The van der Waals surface area contributed by atoms with Gasteiger partial charge in [-0.1, -0.05) is 23.7 Å². The van der Waals surface area contributed by atoms with Gasteiger partial charge >= 0.3 is 0 Å². The summed E-state index contributed by atoms with van der Waals surface area (Å²) in [6, 6.07) is 13.7. The minimum atomic E-state index is 0.0647. The van der Waals surface area contributed by atoms with E-state index in [4.69, 9.17) is 16.9 Å². The molecule has 49 heavy (non-hydrogen) atoms. The molecule has 6 aliphatic rings. The molecule has 2 amide bonds. The molecule has 0 unspecified atom stereocenters. The van der Waals surface area contributed by atoms with Crippen LogP contribution in [0.15, 0.2) is 48.8 Å². The summed E-state index contributed by atoms with van der Waals surface area (Å²) >= 11 is 6.06. The number of nitrogens with zero attached hydrogens (tertiary/aromatic N) is 3. The number of carbonyl (C=O) groups excluding carboxylic acids is 2. The van der Waals surface area contributed by atoms with E-state index >= 15 is 0 Å². The van der Waals surface area contributed by atoms with Crippen LogP contribution < -0.4 is 10.6 Å². The molecule has 5 aromatic rings. The Balaban J connectivity index is 0.000000130. The molecule has 4 aromatic heterocycles. The Morgan fingerprint density at radius 2 is 1.24 bits per heavy atom. The second-order valence-electron chi connectivity index (χ2n) is 14.5. The highest BCUT2D eigenvalue weighted by Crippen LogP contribution is 2.54. The van der Waals surface area contributed by atoms with Gasteiger partial charge in [0.1, 0.15) is 5.15 Å². The molecule has 9 nitrogen and oxygen atoms in total. The van der Waals surface area contributed by atoms with Crippen molar-refractivity contribution in [3.63, 3.8) is 0 Å². The molecule has 0 atom stereocenters. The third-order valence-electron chi connectivity index (χ3n) is 11.7. The summed E-state index contributed by atoms with van der Waals surface area (Å²) in [6.07, 6.45) is 12.0. The molecule has 10 heteroatoms. The number of aryl methyl sites for hydroxylation is 2. The number of halogens is 1. The molecule has 0 bridgehead atoms.